The summed E-state index contributed by atoms with van der Waals surface area (Å²) in [5, 5.41) is 4.54. The quantitative estimate of drug-likeness (QED) is 0.755. The molecule has 0 atom stereocenters. The van der Waals surface area contributed by atoms with Gasteiger partial charge in [-0.25, -0.2) is 9.97 Å². The lowest BCUT2D eigenvalue weighted by molar-refractivity contribution is 0.425. The molecule has 0 bridgehead atoms. The van der Waals surface area contributed by atoms with E-state index in [1.165, 1.54) is 11.3 Å². The van der Waals surface area contributed by atoms with Crippen LogP contribution >= 0.6 is 0 Å². The van der Waals surface area contributed by atoms with Gasteiger partial charge in [0, 0.05) is 25.0 Å². The molecule has 0 amide bonds. The molecule has 0 aliphatic carbocycles. The van der Waals surface area contributed by atoms with Crippen molar-refractivity contribution < 1.29 is 0 Å². The Balaban J connectivity index is 1.98. The first kappa shape index (κ1) is 16.4. The molecule has 0 fully saturated rings. The van der Waals surface area contributed by atoms with Crippen LogP contribution in [0.4, 0.5) is 5.82 Å². The number of hydrogen-bond donors (Lipinski definition) is 1. The smallest absolute Gasteiger partial charge is 0.146 e. The number of hydrogen-bond acceptors (Lipinski definition) is 5. The van der Waals surface area contributed by atoms with Crippen LogP contribution in [-0.2, 0) is 6.54 Å². The van der Waals surface area contributed by atoms with E-state index in [1.807, 2.05) is 24.4 Å². The van der Waals surface area contributed by atoms with Crippen LogP contribution < -0.4 is 5.32 Å². The van der Waals surface area contributed by atoms with Crippen molar-refractivity contribution in [1.29, 1.82) is 0 Å². The van der Waals surface area contributed by atoms with Gasteiger partial charge in [0.1, 0.15) is 17.8 Å². The number of nitrogens with zero attached hydrogens (tertiary/aromatic N) is 5. The summed E-state index contributed by atoms with van der Waals surface area (Å²) in [6.45, 7) is 6.78. The fraction of sp³-hybridized carbons (Fsp3) is 0.389. The summed E-state index contributed by atoms with van der Waals surface area (Å²) in [5.74, 6) is 0.905. The van der Waals surface area contributed by atoms with E-state index in [0.29, 0.717) is 6.54 Å². The number of likely N-dealkylation sites (N-methyl/N-ethyl adjacent to an activating group) is 1. The standard InChI is InChI=1S/C18H24N6/c1-13-14(2)24(11-15-7-5-6-8-19-15)18-16(13)17(21-12-22-18)20-9-10-23(3)4/h5-8,12H,9-11H2,1-4H3,(H,20,21,22). The first-order chi connectivity index (χ1) is 11.6. The van der Waals surface area contributed by atoms with Gasteiger partial charge in [0.15, 0.2) is 0 Å². The van der Waals surface area contributed by atoms with Crippen LogP contribution in [0.1, 0.15) is 17.0 Å². The molecule has 0 radical (unpaired) electrons. The summed E-state index contributed by atoms with van der Waals surface area (Å²) in [6, 6.07) is 5.99. The van der Waals surface area contributed by atoms with E-state index in [9.17, 15) is 0 Å². The van der Waals surface area contributed by atoms with Gasteiger partial charge in [0.05, 0.1) is 17.6 Å². The van der Waals surface area contributed by atoms with Gasteiger partial charge in [-0.15, -0.1) is 0 Å². The van der Waals surface area contributed by atoms with E-state index in [0.717, 1.165) is 35.6 Å². The van der Waals surface area contributed by atoms with Crippen LogP contribution in [0.3, 0.4) is 0 Å². The Morgan fingerprint density at radius 2 is 1.96 bits per heavy atom. The van der Waals surface area contributed by atoms with Gasteiger partial charge >= 0.3 is 0 Å². The number of nitrogens with one attached hydrogen (secondary N) is 1. The van der Waals surface area contributed by atoms with Gasteiger partial charge in [-0.05, 0) is 45.6 Å². The molecule has 3 aromatic heterocycles. The van der Waals surface area contributed by atoms with Gasteiger partial charge in [-0.1, -0.05) is 6.07 Å². The van der Waals surface area contributed by atoms with Gasteiger partial charge in [0.25, 0.3) is 0 Å². The van der Waals surface area contributed by atoms with Crippen molar-refractivity contribution >= 4 is 16.9 Å². The molecule has 0 saturated carbocycles. The van der Waals surface area contributed by atoms with Crippen molar-refractivity contribution in [3.63, 3.8) is 0 Å². The number of fused-ring (bicyclic) bond motifs is 1. The summed E-state index contributed by atoms with van der Waals surface area (Å²) >= 11 is 0. The molecule has 6 heteroatoms. The van der Waals surface area contributed by atoms with Crippen molar-refractivity contribution in [2.24, 2.45) is 0 Å². The summed E-state index contributed by atoms with van der Waals surface area (Å²) in [5.41, 5.74) is 4.40. The van der Waals surface area contributed by atoms with Crippen molar-refractivity contribution in [2.45, 2.75) is 20.4 Å². The first-order valence-corrected chi connectivity index (χ1v) is 8.17. The molecule has 3 rings (SSSR count). The molecule has 126 valence electrons. The van der Waals surface area contributed by atoms with Gasteiger partial charge in [-0.2, -0.15) is 0 Å². The van der Waals surface area contributed by atoms with E-state index >= 15 is 0 Å². The summed E-state index contributed by atoms with van der Waals surface area (Å²) in [4.78, 5) is 15.6. The average molecular weight is 324 g/mol. The fourth-order valence-corrected chi connectivity index (χ4v) is 2.85. The second-order valence-corrected chi connectivity index (χ2v) is 6.27. The van der Waals surface area contributed by atoms with E-state index in [-0.39, 0.29) is 0 Å². The number of aromatic nitrogens is 4. The molecule has 0 unspecified atom stereocenters. The molecule has 0 saturated heterocycles. The van der Waals surface area contributed by atoms with E-state index < -0.39 is 0 Å². The van der Waals surface area contributed by atoms with Crippen molar-refractivity contribution in [2.75, 3.05) is 32.5 Å². The topological polar surface area (TPSA) is 58.9 Å². The molecule has 6 nitrogen and oxygen atoms in total. The Kier molecular flexibility index (Phi) is 4.76. The van der Waals surface area contributed by atoms with E-state index in [1.54, 1.807) is 6.33 Å². The summed E-state index contributed by atoms with van der Waals surface area (Å²) < 4.78 is 2.21. The molecule has 3 aromatic rings. The average Bonchev–Trinajstić information content (AvgIpc) is 2.81. The van der Waals surface area contributed by atoms with Crippen LogP contribution in [-0.4, -0.2) is 51.6 Å². The minimum atomic E-state index is 0.713. The molecule has 1 N–H and O–H groups in total. The zero-order chi connectivity index (χ0) is 17.1. The Hall–Kier alpha value is -2.47. The molecule has 0 aliphatic heterocycles. The first-order valence-electron chi connectivity index (χ1n) is 8.17. The van der Waals surface area contributed by atoms with Crippen molar-refractivity contribution in [1.82, 2.24) is 24.4 Å². The zero-order valence-corrected chi connectivity index (χ0v) is 14.7. The van der Waals surface area contributed by atoms with Crippen LogP contribution in [0, 0.1) is 13.8 Å². The maximum atomic E-state index is 4.54. The van der Waals surface area contributed by atoms with Gasteiger partial charge in [-0.3, -0.25) is 4.98 Å². The van der Waals surface area contributed by atoms with Crippen LogP contribution in [0.25, 0.3) is 11.0 Å². The van der Waals surface area contributed by atoms with Crippen LogP contribution in [0.15, 0.2) is 30.7 Å². The van der Waals surface area contributed by atoms with Crippen LogP contribution in [0.2, 0.25) is 0 Å². The van der Waals surface area contributed by atoms with Crippen molar-refractivity contribution in [3.05, 3.63) is 47.7 Å². The normalized spacial score (nSPS) is 11.4. The number of aryl methyl sites for hydroxylation is 1. The van der Waals surface area contributed by atoms with Crippen molar-refractivity contribution in [3.8, 4) is 0 Å². The zero-order valence-electron chi connectivity index (χ0n) is 14.7. The predicted octanol–water partition coefficient (Wildman–Crippen LogP) is 2.46. The van der Waals surface area contributed by atoms with Gasteiger partial charge in [0.2, 0.25) is 0 Å². The Morgan fingerprint density at radius 3 is 2.67 bits per heavy atom. The van der Waals surface area contributed by atoms with E-state index in [4.69, 9.17) is 0 Å². The Morgan fingerprint density at radius 1 is 1.12 bits per heavy atom. The largest absolute Gasteiger partial charge is 0.368 e. The monoisotopic (exact) mass is 324 g/mol. The minimum Gasteiger partial charge on any atom is -0.368 e. The number of pyridine rings is 1. The van der Waals surface area contributed by atoms with Gasteiger partial charge < -0.3 is 14.8 Å². The number of anilines is 1. The highest BCUT2D eigenvalue weighted by atomic mass is 15.1. The van der Waals surface area contributed by atoms with Crippen LogP contribution in [0.5, 0.6) is 0 Å². The molecular weight excluding hydrogens is 300 g/mol. The second kappa shape index (κ2) is 6.97. The Labute approximate surface area is 142 Å². The lowest BCUT2D eigenvalue weighted by Gasteiger charge is -2.11. The molecule has 24 heavy (non-hydrogen) atoms. The molecule has 0 aliphatic rings. The maximum Gasteiger partial charge on any atom is 0.146 e. The SMILES string of the molecule is Cc1c(C)n(Cc2ccccn2)c2ncnc(NCCN(C)C)c12. The molecule has 3 heterocycles. The maximum absolute atomic E-state index is 4.54. The molecule has 0 aromatic carbocycles. The minimum absolute atomic E-state index is 0.713. The summed E-state index contributed by atoms with van der Waals surface area (Å²) in [6.07, 6.45) is 3.46. The molecular formula is C18H24N6. The third kappa shape index (κ3) is 3.23. The molecule has 0 spiro atoms. The number of rotatable bonds is 6. The highest BCUT2D eigenvalue weighted by Gasteiger charge is 2.16. The third-order valence-corrected chi connectivity index (χ3v) is 4.30. The summed E-state index contributed by atoms with van der Waals surface area (Å²) in [7, 11) is 4.13. The second-order valence-electron chi connectivity index (χ2n) is 6.27. The lowest BCUT2D eigenvalue weighted by Crippen LogP contribution is -2.21. The lowest BCUT2D eigenvalue weighted by atomic mass is 10.2. The van der Waals surface area contributed by atoms with E-state index in [2.05, 4.69) is 57.7 Å². The Bertz CT molecular complexity index is 822. The highest BCUT2D eigenvalue weighted by Crippen LogP contribution is 2.28. The third-order valence-electron chi connectivity index (χ3n) is 4.30. The highest BCUT2D eigenvalue weighted by molar-refractivity contribution is 5.91. The fourth-order valence-electron chi connectivity index (χ4n) is 2.85. The predicted molar refractivity (Wildman–Crippen MR) is 97.4 cm³/mol.